The minimum absolute atomic E-state index is 0.899. The Morgan fingerprint density at radius 1 is 0.237 bits per heavy atom. The molecule has 0 saturated heterocycles. The van der Waals surface area contributed by atoms with Gasteiger partial charge in [-0.15, -0.1) is 0 Å². The number of fused-ring (bicyclic) bond motifs is 9. The molecule has 0 unspecified atom stereocenters. The largest absolute Gasteiger partial charge is 0.456 e. The summed E-state index contributed by atoms with van der Waals surface area (Å²) >= 11 is 0. The molecular weight excluding hydrogens is 713 g/mol. The highest BCUT2D eigenvalue weighted by atomic mass is 16.3. The summed E-state index contributed by atoms with van der Waals surface area (Å²) in [6.07, 6.45) is 0. The molecule has 0 amide bonds. The van der Waals surface area contributed by atoms with Gasteiger partial charge in [0.1, 0.15) is 11.2 Å². The molecule has 1 aliphatic rings. The molecule has 0 atom stereocenters. The SMILES string of the molecule is c1ccc2c(c1)-c1cccc3c(-c4c5ccccc5c(-c5c(-c6ccc7ccccc7c6)cccc5-c5ccc6oc7ccccc7c6c5)c5ccccc45)ccc-2c13. The van der Waals surface area contributed by atoms with Crippen molar-refractivity contribution in [3.05, 3.63) is 206 Å². The Kier molecular flexibility index (Phi) is 6.79. The number of furan rings is 1. The van der Waals surface area contributed by atoms with E-state index in [0.717, 1.165) is 27.5 Å². The second-order valence-corrected chi connectivity index (χ2v) is 15.9. The summed E-state index contributed by atoms with van der Waals surface area (Å²) in [6.45, 7) is 0. The van der Waals surface area contributed by atoms with Crippen molar-refractivity contribution < 1.29 is 4.42 Å². The molecule has 12 aromatic rings. The molecule has 0 bridgehead atoms. The van der Waals surface area contributed by atoms with Crippen LogP contribution in [-0.4, -0.2) is 0 Å². The van der Waals surface area contributed by atoms with Gasteiger partial charge in [-0.1, -0.05) is 182 Å². The van der Waals surface area contributed by atoms with E-state index >= 15 is 0 Å². The zero-order chi connectivity index (χ0) is 38.6. The van der Waals surface area contributed by atoms with E-state index in [1.54, 1.807) is 0 Å². The molecule has 0 spiro atoms. The maximum atomic E-state index is 6.33. The van der Waals surface area contributed by atoms with Gasteiger partial charge in [-0.25, -0.2) is 0 Å². The van der Waals surface area contributed by atoms with Gasteiger partial charge in [-0.2, -0.15) is 0 Å². The minimum Gasteiger partial charge on any atom is -0.456 e. The standard InChI is InChI=1S/C58H34O/c1-2-14-36-33-37(28-27-35(36)13-1)39-22-11-23-40(38-29-32-54-52(34-38)43-17-9-10-26-53(43)59-54)57(39)58-48-20-7-5-18-45(48)56(46-19-6-8-21-49(46)58)51-31-30-50-42-16-4-3-15-41(42)44-24-12-25-47(51)55(44)50/h1-34H. The van der Waals surface area contributed by atoms with E-state index in [4.69, 9.17) is 4.42 Å². The summed E-state index contributed by atoms with van der Waals surface area (Å²) in [5.74, 6) is 0. The highest BCUT2D eigenvalue weighted by molar-refractivity contribution is 6.28. The molecule has 0 N–H and O–H groups in total. The summed E-state index contributed by atoms with van der Waals surface area (Å²) in [5, 5.41) is 12.3. The Morgan fingerprint density at radius 2 is 0.729 bits per heavy atom. The van der Waals surface area contributed by atoms with Gasteiger partial charge < -0.3 is 4.42 Å². The number of hydrogen-bond donors (Lipinski definition) is 0. The van der Waals surface area contributed by atoms with Crippen molar-refractivity contribution in [1.82, 2.24) is 0 Å². The highest BCUT2D eigenvalue weighted by Crippen LogP contribution is 2.53. The van der Waals surface area contributed by atoms with E-state index in [9.17, 15) is 0 Å². The van der Waals surface area contributed by atoms with Crippen molar-refractivity contribution in [2.45, 2.75) is 0 Å². The van der Waals surface area contributed by atoms with E-state index in [-0.39, 0.29) is 0 Å². The third-order valence-electron chi connectivity index (χ3n) is 12.8. The summed E-state index contributed by atoms with van der Waals surface area (Å²) in [6, 6.07) is 76.0. The molecule has 13 rings (SSSR count). The lowest BCUT2D eigenvalue weighted by atomic mass is 9.80. The van der Waals surface area contributed by atoms with E-state index in [0.29, 0.717) is 0 Å². The smallest absolute Gasteiger partial charge is 0.135 e. The van der Waals surface area contributed by atoms with Crippen molar-refractivity contribution in [2.75, 3.05) is 0 Å². The van der Waals surface area contributed by atoms with Crippen LogP contribution < -0.4 is 0 Å². The molecule has 1 aromatic heterocycles. The Balaban J connectivity index is 1.15. The maximum Gasteiger partial charge on any atom is 0.135 e. The molecule has 11 aromatic carbocycles. The molecule has 0 aliphatic heterocycles. The molecule has 1 nitrogen and oxygen atoms in total. The van der Waals surface area contributed by atoms with Crippen molar-refractivity contribution in [1.29, 1.82) is 0 Å². The van der Waals surface area contributed by atoms with Crippen LogP contribution in [0.5, 0.6) is 0 Å². The molecule has 1 aliphatic carbocycles. The first-order chi connectivity index (χ1) is 29.3. The molecule has 1 heteroatoms. The lowest BCUT2D eigenvalue weighted by Gasteiger charge is -2.23. The van der Waals surface area contributed by atoms with Crippen LogP contribution in [0.15, 0.2) is 211 Å². The second kappa shape index (κ2) is 12.4. The molecule has 0 saturated carbocycles. The Morgan fingerprint density at radius 3 is 1.47 bits per heavy atom. The van der Waals surface area contributed by atoms with Gasteiger partial charge >= 0.3 is 0 Å². The Bertz CT molecular complexity index is 3640. The monoisotopic (exact) mass is 746 g/mol. The Labute approximate surface area is 341 Å². The van der Waals surface area contributed by atoms with Crippen molar-refractivity contribution in [3.8, 4) is 66.8 Å². The van der Waals surface area contributed by atoms with E-state index in [1.165, 1.54) is 104 Å². The first-order valence-electron chi connectivity index (χ1n) is 20.4. The molecule has 0 fully saturated rings. The highest BCUT2D eigenvalue weighted by Gasteiger charge is 2.26. The van der Waals surface area contributed by atoms with E-state index in [2.05, 4.69) is 200 Å². The molecule has 59 heavy (non-hydrogen) atoms. The van der Waals surface area contributed by atoms with Crippen LogP contribution in [0.3, 0.4) is 0 Å². The molecule has 0 radical (unpaired) electrons. The predicted octanol–water partition coefficient (Wildman–Crippen LogP) is 16.5. The summed E-state index contributed by atoms with van der Waals surface area (Å²) < 4.78 is 6.33. The summed E-state index contributed by atoms with van der Waals surface area (Å²) in [5.41, 5.74) is 16.8. The number of rotatable bonds is 4. The number of benzene rings is 11. The normalized spacial score (nSPS) is 12.1. The molecule has 1 heterocycles. The van der Waals surface area contributed by atoms with Crippen LogP contribution >= 0.6 is 0 Å². The van der Waals surface area contributed by atoms with Gasteiger partial charge in [-0.3, -0.25) is 0 Å². The van der Waals surface area contributed by atoms with Crippen LogP contribution in [0.4, 0.5) is 0 Å². The van der Waals surface area contributed by atoms with Gasteiger partial charge in [0.05, 0.1) is 0 Å². The van der Waals surface area contributed by atoms with E-state index < -0.39 is 0 Å². The average molecular weight is 747 g/mol. The number of hydrogen-bond acceptors (Lipinski definition) is 1. The van der Waals surface area contributed by atoms with Crippen LogP contribution in [0, 0.1) is 0 Å². The van der Waals surface area contributed by atoms with Crippen molar-refractivity contribution >= 4 is 65.0 Å². The van der Waals surface area contributed by atoms with Crippen LogP contribution in [0.1, 0.15) is 0 Å². The quantitative estimate of drug-likeness (QED) is 0.164. The maximum absolute atomic E-state index is 6.33. The van der Waals surface area contributed by atoms with Gasteiger partial charge in [0, 0.05) is 10.8 Å². The zero-order valence-electron chi connectivity index (χ0n) is 32.0. The Hall–Kier alpha value is -7.74. The van der Waals surface area contributed by atoms with Gasteiger partial charge in [0.25, 0.3) is 0 Å². The fraction of sp³-hybridized carbons (Fsp3) is 0. The van der Waals surface area contributed by atoms with E-state index in [1.807, 2.05) is 6.07 Å². The summed E-state index contributed by atoms with van der Waals surface area (Å²) in [4.78, 5) is 0. The first-order valence-corrected chi connectivity index (χ1v) is 20.4. The fourth-order valence-electron chi connectivity index (χ4n) is 10.3. The third kappa shape index (κ3) is 4.67. The van der Waals surface area contributed by atoms with Crippen LogP contribution in [0.2, 0.25) is 0 Å². The topological polar surface area (TPSA) is 13.1 Å². The van der Waals surface area contributed by atoms with Crippen molar-refractivity contribution in [2.24, 2.45) is 0 Å². The lowest BCUT2D eigenvalue weighted by molar-refractivity contribution is 0.669. The number of para-hydroxylation sites is 1. The first kappa shape index (κ1) is 32.4. The van der Waals surface area contributed by atoms with Gasteiger partial charge in [0.15, 0.2) is 0 Å². The summed E-state index contributed by atoms with van der Waals surface area (Å²) in [7, 11) is 0. The predicted molar refractivity (Wildman–Crippen MR) is 250 cm³/mol. The van der Waals surface area contributed by atoms with Gasteiger partial charge in [-0.05, 0) is 134 Å². The molecular formula is C58H34O. The van der Waals surface area contributed by atoms with Crippen molar-refractivity contribution in [3.63, 3.8) is 0 Å². The zero-order valence-corrected chi connectivity index (χ0v) is 32.0. The molecule has 272 valence electrons. The fourth-order valence-corrected chi connectivity index (χ4v) is 10.3. The third-order valence-corrected chi connectivity index (χ3v) is 12.8. The average Bonchev–Trinajstić information content (AvgIpc) is 3.84. The second-order valence-electron chi connectivity index (χ2n) is 15.9. The van der Waals surface area contributed by atoms with Crippen LogP contribution in [0.25, 0.3) is 132 Å². The lowest BCUT2D eigenvalue weighted by Crippen LogP contribution is -1.96. The van der Waals surface area contributed by atoms with Gasteiger partial charge in [0.2, 0.25) is 0 Å². The van der Waals surface area contributed by atoms with Crippen LogP contribution in [-0.2, 0) is 0 Å². The minimum atomic E-state index is 0.899.